The van der Waals surface area contributed by atoms with E-state index in [4.69, 9.17) is 9.47 Å². The maximum absolute atomic E-state index is 12.5. The van der Waals surface area contributed by atoms with Crippen LogP contribution >= 0.6 is 0 Å². The van der Waals surface area contributed by atoms with Gasteiger partial charge < -0.3 is 24.5 Å². The van der Waals surface area contributed by atoms with Crippen molar-refractivity contribution in [2.75, 3.05) is 30.4 Å². The summed E-state index contributed by atoms with van der Waals surface area (Å²) in [5.74, 6) is 1.31. The van der Waals surface area contributed by atoms with Gasteiger partial charge in [-0.15, -0.1) is 0 Å². The Morgan fingerprint density at radius 2 is 1.94 bits per heavy atom. The number of ether oxygens (including phenoxy) is 2. The number of para-hydroxylation sites is 2. The minimum atomic E-state index is -0.219. The van der Waals surface area contributed by atoms with E-state index in [1.54, 1.807) is 36.4 Å². The van der Waals surface area contributed by atoms with E-state index in [1.807, 2.05) is 43.4 Å². The Labute approximate surface area is 181 Å². The molecule has 4 rings (SSSR count). The summed E-state index contributed by atoms with van der Waals surface area (Å²) in [5, 5.41) is 2.85. The molecule has 158 valence electrons. The normalized spacial score (nSPS) is 14.9. The first kappa shape index (κ1) is 20.5. The number of benzene rings is 3. The number of hydrogen-bond acceptors (Lipinski definition) is 5. The lowest BCUT2D eigenvalue weighted by Crippen LogP contribution is -2.41. The van der Waals surface area contributed by atoms with Crippen LogP contribution in [0, 0.1) is 0 Å². The van der Waals surface area contributed by atoms with Crippen molar-refractivity contribution >= 4 is 23.6 Å². The van der Waals surface area contributed by atoms with Gasteiger partial charge in [-0.25, -0.2) is 0 Å². The van der Waals surface area contributed by atoms with Crippen LogP contribution in [0.2, 0.25) is 0 Å². The lowest BCUT2D eigenvalue weighted by Gasteiger charge is -2.33. The molecule has 1 unspecified atom stereocenters. The van der Waals surface area contributed by atoms with Crippen LogP contribution in [-0.4, -0.2) is 38.5 Å². The molecule has 1 atom stereocenters. The molecule has 3 aromatic carbocycles. The quantitative estimate of drug-likeness (QED) is 0.591. The number of aldehydes is 1. The fraction of sp³-hybridized carbons (Fsp3) is 0.200. The average molecular weight is 416 g/mol. The van der Waals surface area contributed by atoms with E-state index in [9.17, 15) is 9.59 Å². The fourth-order valence-electron chi connectivity index (χ4n) is 3.55. The molecule has 31 heavy (non-hydrogen) atoms. The molecule has 0 saturated carbocycles. The molecule has 6 heteroatoms. The first-order valence-corrected chi connectivity index (χ1v) is 10.2. The second-order valence-corrected chi connectivity index (χ2v) is 7.45. The van der Waals surface area contributed by atoms with Crippen LogP contribution in [-0.2, 0) is 11.2 Å². The van der Waals surface area contributed by atoms with Gasteiger partial charge in [-0.05, 0) is 54.1 Å². The Hall–Kier alpha value is -3.80. The Morgan fingerprint density at radius 1 is 1.13 bits per heavy atom. The van der Waals surface area contributed by atoms with Crippen molar-refractivity contribution in [3.8, 4) is 11.5 Å². The Morgan fingerprint density at radius 3 is 2.74 bits per heavy atom. The van der Waals surface area contributed by atoms with Crippen LogP contribution in [0.4, 0.5) is 11.4 Å². The third kappa shape index (κ3) is 5.04. The number of fused-ring (bicyclic) bond motifs is 1. The van der Waals surface area contributed by atoms with Gasteiger partial charge in [0, 0.05) is 24.7 Å². The third-order valence-electron chi connectivity index (χ3n) is 5.10. The molecule has 3 aromatic rings. The third-order valence-corrected chi connectivity index (χ3v) is 5.10. The Kier molecular flexibility index (Phi) is 6.17. The highest BCUT2D eigenvalue weighted by molar-refractivity contribution is 6.04. The summed E-state index contributed by atoms with van der Waals surface area (Å²) < 4.78 is 11.9. The minimum absolute atomic E-state index is 0.0819. The van der Waals surface area contributed by atoms with E-state index >= 15 is 0 Å². The molecular weight excluding hydrogens is 392 g/mol. The summed E-state index contributed by atoms with van der Waals surface area (Å²) in [6.45, 7) is 1.15. The van der Waals surface area contributed by atoms with Gasteiger partial charge in [-0.2, -0.15) is 0 Å². The van der Waals surface area contributed by atoms with Gasteiger partial charge in [-0.3, -0.25) is 4.79 Å². The minimum Gasteiger partial charge on any atom is -0.490 e. The highest BCUT2D eigenvalue weighted by Gasteiger charge is 2.23. The van der Waals surface area contributed by atoms with Crippen LogP contribution in [0.3, 0.4) is 0 Å². The van der Waals surface area contributed by atoms with Crippen molar-refractivity contribution in [3.05, 3.63) is 83.9 Å². The van der Waals surface area contributed by atoms with Crippen LogP contribution in [0.15, 0.2) is 72.8 Å². The van der Waals surface area contributed by atoms with E-state index in [2.05, 4.69) is 10.2 Å². The van der Waals surface area contributed by atoms with Gasteiger partial charge in [0.2, 0.25) is 0 Å². The number of carbonyl (C=O) groups is 2. The molecule has 0 fully saturated rings. The molecule has 1 aliphatic heterocycles. The van der Waals surface area contributed by atoms with Gasteiger partial charge in [-0.1, -0.05) is 24.3 Å². The maximum Gasteiger partial charge on any atom is 0.255 e. The Balaban J connectivity index is 1.33. The highest BCUT2D eigenvalue weighted by atomic mass is 16.5. The molecule has 1 amide bonds. The largest absolute Gasteiger partial charge is 0.490 e. The van der Waals surface area contributed by atoms with Crippen molar-refractivity contribution in [2.24, 2.45) is 0 Å². The van der Waals surface area contributed by atoms with Crippen LogP contribution in [0.1, 0.15) is 15.9 Å². The first-order chi connectivity index (χ1) is 15.1. The molecule has 6 nitrogen and oxygen atoms in total. The maximum atomic E-state index is 12.5. The molecule has 1 aliphatic rings. The zero-order chi connectivity index (χ0) is 21.6. The van der Waals surface area contributed by atoms with Crippen molar-refractivity contribution in [1.29, 1.82) is 0 Å². The standard InChI is InChI=1S/C25H24N2O4/c1-27-16-22(31-24-8-3-2-7-23(24)27)17-30-21-11-9-19(10-12-21)25(29)26-20-6-4-5-18(15-20)13-14-28/h2-12,14-15,22H,13,16-17H2,1H3,(H,26,29). The van der Waals surface area contributed by atoms with Gasteiger partial charge in [0.05, 0.1) is 12.2 Å². The summed E-state index contributed by atoms with van der Waals surface area (Å²) in [7, 11) is 2.04. The lowest BCUT2D eigenvalue weighted by atomic mass is 10.1. The van der Waals surface area contributed by atoms with Crippen molar-refractivity contribution < 1.29 is 19.1 Å². The molecular formula is C25H24N2O4. The van der Waals surface area contributed by atoms with E-state index in [1.165, 1.54) is 0 Å². The van der Waals surface area contributed by atoms with E-state index in [0.29, 0.717) is 30.0 Å². The van der Waals surface area contributed by atoms with Crippen LogP contribution < -0.4 is 19.7 Å². The second-order valence-electron chi connectivity index (χ2n) is 7.45. The van der Waals surface area contributed by atoms with Crippen LogP contribution in [0.25, 0.3) is 0 Å². The van der Waals surface area contributed by atoms with Crippen molar-refractivity contribution in [3.63, 3.8) is 0 Å². The number of rotatable bonds is 7. The summed E-state index contributed by atoms with van der Waals surface area (Å²) in [6, 6.07) is 22.2. The number of carbonyl (C=O) groups excluding carboxylic acids is 2. The number of amides is 1. The monoisotopic (exact) mass is 416 g/mol. The summed E-state index contributed by atoms with van der Waals surface area (Å²) in [4.78, 5) is 25.3. The first-order valence-electron chi connectivity index (χ1n) is 10.2. The van der Waals surface area contributed by atoms with Gasteiger partial charge in [0.15, 0.2) is 0 Å². The predicted octanol–water partition coefficient (Wildman–Crippen LogP) is 3.96. The zero-order valence-corrected chi connectivity index (χ0v) is 17.3. The molecule has 0 aromatic heterocycles. The molecule has 1 N–H and O–H groups in total. The fourth-order valence-corrected chi connectivity index (χ4v) is 3.55. The zero-order valence-electron chi connectivity index (χ0n) is 17.3. The lowest BCUT2D eigenvalue weighted by molar-refractivity contribution is -0.107. The molecule has 0 saturated heterocycles. The number of hydrogen-bond donors (Lipinski definition) is 1. The molecule has 0 radical (unpaired) electrons. The predicted molar refractivity (Wildman–Crippen MR) is 120 cm³/mol. The van der Waals surface area contributed by atoms with Crippen molar-refractivity contribution in [2.45, 2.75) is 12.5 Å². The highest BCUT2D eigenvalue weighted by Crippen LogP contribution is 2.32. The average Bonchev–Trinajstić information content (AvgIpc) is 2.78. The summed E-state index contributed by atoms with van der Waals surface area (Å²) in [5.41, 5.74) is 3.11. The summed E-state index contributed by atoms with van der Waals surface area (Å²) >= 11 is 0. The number of nitrogens with zero attached hydrogens (tertiary/aromatic N) is 1. The molecule has 0 bridgehead atoms. The number of anilines is 2. The SMILES string of the molecule is CN1CC(COc2ccc(C(=O)Nc3cccc(CC=O)c3)cc2)Oc2ccccc21. The number of nitrogens with one attached hydrogen (secondary N) is 1. The topological polar surface area (TPSA) is 67.9 Å². The van der Waals surface area contributed by atoms with E-state index in [-0.39, 0.29) is 12.0 Å². The van der Waals surface area contributed by atoms with E-state index < -0.39 is 0 Å². The van der Waals surface area contributed by atoms with Gasteiger partial charge in [0.25, 0.3) is 5.91 Å². The number of likely N-dealkylation sites (N-methyl/N-ethyl adjacent to an activating group) is 1. The van der Waals surface area contributed by atoms with Gasteiger partial charge >= 0.3 is 0 Å². The van der Waals surface area contributed by atoms with Gasteiger partial charge in [0.1, 0.15) is 30.5 Å². The summed E-state index contributed by atoms with van der Waals surface area (Å²) in [6.07, 6.45) is 1.08. The molecule has 0 aliphatic carbocycles. The molecule has 1 heterocycles. The Bertz CT molecular complexity index is 1070. The van der Waals surface area contributed by atoms with Crippen molar-refractivity contribution in [1.82, 2.24) is 0 Å². The van der Waals surface area contributed by atoms with E-state index in [0.717, 1.165) is 29.8 Å². The van der Waals surface area contributed by atoms with Crippen LogP contribution in [0.5, 0.6) is 11.5 Å². The molecule has 0 spiro atoms. The second kappa shape index (κ2) is 9.34. The smallest absolute Gasteiger partial charge is 0.255 e.